The van der Waals surface area contributed by atoms with E-state index < -0.39 is 0 Å². The molecule has 70 valence electrons. The molecule has 1 atom stereocenters. The van der Waals surface area contributed by atoms with Crippen LogP contribution >= 0.6 is 0 Å². The lowest BCUT2D eigenvalue weighted by atomic mass is 9.83. The first-order valence-corrected chi connectivity index (χ1v) is 5.15. The van der Waals surface area contributed by atoms with Gasteiger partial charge in [0, 0.05) is 23.7 Å². The average molecular weight is 183 g/mol. The summed E-state index contributed by atoms with van der Waals surface area (Å²) < 4.78 is 0. The van der Waals surface area contributed by atoms with Crippen LogP contribution in [0.3, 0.4) is 0 Å². The summed E-state index contributed by atoms with van der Waals surface area (Å²) in [5.74, 6) is 0.676. The minimum absolute atomic E-state index is 0.676. The number of allylic oxidation sites excluding steroid dienone is 3. The lowest BCUT2D eigenvalue weighted by Crippen LogP contribution is -2.22. The van der Waals surface area contributed by atoms with Gasteiger partial charge in [0.25, 0.3) is 0 Å². The van der Waals surface area contributed by atoms with Crippen molar-refractivity contribution < 1.29 is 0 Å². The summed E-state index contributed by atoms with van der Waals surface area (Å²) >= 11 is 0. The SMILES string of the molecule is C1=CCC2CNc3ccccc3C2=C1. The zero-order chi connectivity index (χ0) is 9.38. The van der Waals surface area contributed by atoms with Gasteiger partial charge in [0.05, 0.1) is 0 Å². The smallest absolute Gasteiger partial charge is 0.0416 e. The highest BCUT2D eigenvalue weighted by molar-refractivity contribution is 5.81. The molecule has 0 fully saturated rings. The van der Waals surface area contributed by atoms with Crippen LogP contribution in [-0.2, 0) is 0 Å². The fourth-order valence-electron chi connectivity index (χ4n) is 2.30. The summed E-state index contributed by atoms with van der Waals surface area (Å²) in [6.07, 6.45) is 7.86. The molecule has 3 rings (SSSR count). The molecule has 0 saturated heterocycles. The quantitative estimate of drug-likeness (QED) is 0.651. The van der Waals surface area contributed by atoms with Crippen molar-refractivity contribution in [2.75, 3.05) is 11.9 Å². The number of benzene rings is 1. The molecule has 1 heterocycles. The summed E-state index contributed by atoms with van der Waals surface area (Å²) in [5.41, 5.74) is 4.17. The summed E-state index contributed by atoms with van der Waals surface area (Å²) in [4.78, 5) is 0. The topological polar surface area (TPSA) is 12.0 Å². The predicted molar refractivity (Wildman–Crippen MR) is 60.2 cm³/mol. The summed E-state index contributed by atoms with van der Waals surface area (Å²) in [5, 5.41) is 3.49. The minimum Gasteiger partial charge on any atom is -0.384 e. The van der Waals surface area contributed by atoms with E-state index in [1.807, 2.05) is 0 Å². The van der Waals surface area contributed by atoms with Gasteiger partial charge in [-0.15, -0.1) is 0 Å². The molecule has 1 aromatic rings. The molecule has 1 heteroatoms. The third kappa shape index (κ3) is 1.09. The van der Waals surface area contributed by atoms with Crippen LogP contribution in [0.25, 0.3) is 5.57 Å². The largest absolute Gasteiger partial charge is 0.384 e. The lowest BCUT2D eigenvalue weighted by molar-refractivity contribution is 0.701. The predicted octanol–water partition coefficient (Wildman–Crippen LogP) is 3.07. The number of hydrogen-bond donors (Lipinski definition) is 1. The van der Waals surface area contributed by atoms with Crippen LogP contribution in [0.1, 0.15) is 12.0 Å². The summed E-state index contributed by atoms with van der Waals surface area (Å²) in [6.45, 7) is 1.08. The monoisotopic (exact) mass is 183 g/mol. The highest BCUT2D eigenvalue weighted by Crippen LogP contribution is 2.37. The second-order valence-electron chi connectivity index (χ2n) is 3.91. The summed E-state index contributed by atoms with van der Waals surface area (Å²) in [6, 6.07) is 8.57. The minimum atomic E-state index is 0.676. The van der Waals surface area contributed by atoms with E-state index in [0.717, 1.165) is 6.54 Å². The Hall–Kier alpha value is -1.50. The van der Waals surface area contributed by atoms with Crippen LogP contribution < -0.4 is 5.32 Å². The van der Waals surface area contributed by atoms with Crippen molar-refractivity contribution in [3.05, 3.63) is 48.1 Å². The van der Waals surface area contributed by atoms with Gasteiger partial charge in [0.2, 0.25) is 0 Å². The highest BCUT2D eigenvalue weighted by Gasteiger charge is 2.22. The fourth-order valence-corrected chi connectivity index (χ4v) is 2.30. The fraction of sp³-hybridized carbons (Fsp3) is 0.231. The van der Waals surface area contributed by atoms with Crippen molar-refractivity contribution in [2.24, 2.45) is 5.92 Å². The van der Waals surface area contributed by atoms with E-state index in [-0.39, 0.29) is 0 Å². The van der Waals surface area contributed by atoms with Crippen molar-refractivity contribution in [2.45, 2.75) is 6.42 Å². The van der Waals surface area contributed by atoms with Gasteiger partial charge in [-0.25, -0.2) is 0 Å². The Morgan fingerprint density at radius 2 is 2.14 bits per heavy atom. The van der Waals surface area contributed by atoms with Gasteiger partial charge >= 0.3 is 0 Å². The molecular weight excluding hydrogens is 170 g/mol. The van der Waals surface area contributed by atoms with Gasteiger partial charge < -0.3 is 5.32 Å². The molecule has 0 spiro atoms. The van der Waals surface area contributed by atoms with Gasteiger partial charge in [0.15, 0.2) is 0 Å². The van der Waals surface area contributed by atoms with Gasteiger partial charge in [-0.2, -0.15) is 0 Å². The molecule has 2 aliphatic rings. The van der Waals surface area contributed by atoms with Gasteiger partial charge in [0.1, 0.15) is 0 Å². The Kier molecular flexibility index (Phi) is 1.69. The first-order valence-electron chi connectivity index (χ1n) is 5.15. The number of fused-ring (bicyclic) bond motifs is 3. The molecule has 1 unspecified atom stereocenters. The van der Waals surface area contributed by atoms with E-state index in [1.54, 1.807) is 0 Å². The van der Waals surface area contributed by atoms with Crippen molar-refractivity contribution in [3.63, 3.8) is 0 Å². The van der Waals surface area contributed by atoms with Gasteiger partial charge in [-0.05, 0) is 18.1 Å². The molecule has 0 amide bonds. The van der Waals surface area contributed by atoms with Crippen LogP contribution in [0.15, 0.2) is 42.5 Å². The molecule has 0 aromatic heterocycles. The third-order valence-electron chi connectivity index (χ3n) is 3.05. The molecule has 1 aliphatic heterocycles. The number of para-hydroxylation sites is 1. The van der Waals surface area contributed by atoms with Crippen LogP contribution in [0.4, 0.5) is 5.69 Å². The number of rotatable bonds is 0. The normalized spacial score (nSPS) is 23.1. The van der Waals surface area contributed by atoms with E-state index in [4.69, 9.17) is 0 Å². The van der Waals surface area contributed by atoms with Crippen LogP contribution in [0, 0.1) is 5.92 Å². The molecule has 14 heavy (non-hydrogen) atoms. The maximum absolute atomic E-state index is 3.49. The van der Waals surface area contributed by atoms with Crippen LogP contribution in [0.2, 0.25) is 0 Å². The van der Waals surface area contributed by atoms with Crippen LogP contribution in [0.5, 0.6) is 0 Å². The van der Waals surface area contributed by atoms with Crippen molar-refractivity contribution >= 4 is 11.3 Å². The van der Waals surface area contributed by atoms with Crippen LogP contribution in [-0.4, -0.2) is 6.54 Å². The number of nitrogens with one attached hydrogen (secondary N) is 1. The zero-order valence-corrected chi connectivity index (χ0v) is 8.03. The molecule has 1 nitrogen and oxygen atoms in total. The maximum Gasteiger partial charge on any atom is 0.0416 e. The molecule has 0 radical (unpaired) electrons. The summed E-state index contributed by atoms with van der Waals surface area (Å²) in [7, 11) is 0. The average Bonchev–Trinajstić information content (AvgIpc) is 2.29. The second kappa shape index (κ2) is 3.02. The van der Waals surface area contributed by atoms with E-state index in [2.05, 4.69) is 47.8 Å². The first-order chi connectivity index (χ1) is 6.95. The third-order valence-corrected chi connectivity index (χ3v) is 3.05. The zero-order valence-electron chi connectivity index (χ0n) is 8.03. The van der Waals surface area contributed by atoms with E-state index in [9.17, 15) is 0 Å². The molecular formula is C13H13N. The standard InChI is InChI=1S/C13H13N/c1-2-6-11-10(5-1)9-14-13-8-4-3-7-12(11)13/h1-4,6-8,10,14H,5,9H2. The van der Waals surface area contributed by atoms with Crippen molar-refractivity contribution in [3.8, 4) is 0 Å². The molecule has 0 saturated carbocycles. The Labute approximate surface area is 84.1 Å². The van der Waals surface area contributed by atoms with Crippen molar-refractivity contribution in [1.82, 2.24) is 0 Å². The first kappa shape index (κ1) is 7.86. The molecule has 1 aliphatic carbocycles. The molecule has 1 aromatic carbocycles. The van der Waals surface area contributed by atoms with E-state index >= 15 is 0 Å². The second-order valence-corrected chi connectivity index (χ2v) is 3.91. The van der Waals surface area contributed by atoms with E-state index in [0.29, 0.717) is 5.92 Å². The van der Waals surface area contributed by atoms with Crippen molar-refractivity contribution in [1.29, 1.82) is 0 Å². The Balaban J connectivity index is 2.15. The van der Waals surface area contributed by atoms with Gasteiger partial charge in [-0.3, -0.25) is 0 Å². The Morgan fingerprint density at radius 3 is 3.14 bits per heavy atom. The van der Waals surface area contributed by atoms with Gasteiger partial charge in [-0.1, -0.05) is 36.4 Å². The molecule has 0 bridgehead atoms. The number of anilines is 1. The highest BCUT2D eigenvalue weighted by atomic mass is 14.9. The maximum atomic E-state index is 3.49. The molecule has 1 N–H and O–H groups in total. The Morgan fingerprint density at radius 1 is 1.21 bits per heavy atom. The Bertz CT molecular complexity index is 415. The lowest BCUT2D eigenvalue weighted by Gasteiger charge is -2.29. The van der Waals surface area contributed by atoms with E-state index in [1.165, 1.54) is 23.2 Å². The number of hydrogen-bond acceptors (Lipinski definition) is 1.